The number of rotatable bonds is 5. The Bertz CT molecular complexity index is 917. The molecule has 2 amide bonds. The van der Waals surface area contributed by atoms with Gasteiger partial charge in [0.05, 0.1) is 13.1 Å². The minimum absolute atomic E-state index is 0.229. The second kappa shape index (κ2) is 7.87. The molecule has 3 aromatic rings. The Balaban J connectivity index is 1.61. The van der Waals surface area contributed by atoms with E-state index in [9.17, 15) is 9.18 Å². The van der Waals surface area contributed by atoms with E-state index >= 15 is 0 Å². The van der Waals surface area contributed by atoms with E-state index in [1.165, 1.54) is 6.07 Å². The van der Waals surface area contributed by atoms with Gasteiger partial charge in [-0.1, -0.05) is 35.9 Å². The Morgan fingerprint density at radius 2 is 1.88 bits per heavy atom. The van der Waals surface area contributed by atoms with Gasteiger partial charge >= 0.3 is 6.03 Å². The molecule has 1 heterocycles. The molecular formula is C21H22FN3O. The fourth-order valence-electron chi connectivity index (χ4n) is 2.87. The van der Waals surface area contributed by atoms with Crippen LogP contribution in [0.25, 0.3) is 0 Å². The summed E-state index contributed by atoms with van der Waals surface area (Å²) in [6, 6.07) is 16.1. The van der Waals surface area contributed by atoms with Crippen molar-refractivity contribution in [3.8, 4) is 0 Å². The molecule has 0 atom stereocenters. The molecule has 4 nitrogen and oxygen atoms in total. The second-order valence-electron chi connectivity index (χ2n) is 6.34. The molecule has 0 aliphatic rings. The number of aryl methyl sites for hydroxylation is 2. The Morgan fingerprint density at radius 1 is 1.08 bits per heavy atom. The van der Waals surface area contributed by atoms with Crippen LogP contribution in [0.4, 0.5) is 14.9 Å². The number of urea groups is 1. The molecule has 0 saturated carbocycles. The molecule has 0 spiro atoms. The maximum absolute atomic E-state index is 13.8. The molecule has 0 unspecified atom stereocenters. The van der Waals surface area contributed by atoms with E-state index in [0.29, 0.717) is 18.7 Å². The van der Waals surface area contributed by atoms with Crippen molar-refractivity contribution in [1.29, 1.82) is 0 Å². The molecule has 26 heavy (non-hydrogen) atoms. The number of benzene rings is 2. The van der Waals surface area contributed by atoms with Gasteiger partial charge in [0.15, 0.2) is 0 Å². The van der Waals surface area contributed by atoms with Crippen LogP contribution >= 0.6 is 0 Å². The molecule has 0 saturated heterocycles. The molecular weight excluding hydrogens is 329 g/mol. The van der Waals surface area contributed by atoms with E-state index in [2.05, 4.69) is 10.6 Å². The zero-order chi connectivity index (χ0) is 18.5. The van der Waals surface area contributed by atoms with Gasteiger partial charge in [0.25, 0.3) is 0 Å². The minimum Gasteiger partial charge on any atom is -0.345 e. The SMILES string of the molecule is Cc1ccc(NC(=O)NCc2cccn2Cc2ccccc2F)c(C)c1. The third-order valence-corrected chi connectivity index (χ3v) is 4.28. The lowest BCUT2D eigenvalue weighted by Crippen LogP contribution is -2.29. The van der Waals surface area contributed by atoms with Gasteiger partial charge in [-0.2, -0.15) is 0 Å². The number of amides is 2. The topological polar surface area (TPSA) is 46.1 Å². The van der Waals surface area contributed by atoms with Crippen LogP contribution < -0.4 is 10.6 Å². The van der Waals surface area contributed by atoms with Crippen LogP contribution in [0.5, 0.6) is 0 Å². The van der Waals surface area contributed by atoms with Gasteiger partial charge in [-0.25, -0.2) is 9.18 Å². The third-order valence-electron chi connectivity index (χ3n) is 4.28. The number of carbonyl (C=O) groups is 1. The van der Waals surface area contributed by atoms with E-state index in [4.69, 9.17) is 0 Å². The summed E-state index contributed by atoms with van der Waals surface area (Å²) in [5, 5.41) is 5.71. The van der Waals surface area contributed by atoms with Crippen molar-refractivity contribution >= 4 is 11.7 Å². The lowest BCUT2D eigenvalue weighted by atomic mass is 10.1. The quantitative estimate of drug-likeness (QED) is 0.692. The number of halogens is 1. The van der Waals surface area contributed by atoms with Gasteiger partial charge in [-0.15, -0.1) is 0 Å². The van der Waals surface area contributed by atoms with Gasteiger partial charge in [0.1, 0.15) is 5.82 Å². The Kier molecular flexibility index (Phi) is 5.37. The first-order valence-corrected chi connectivity index (χ1v) is 8.52. The Hall–Kier alpha value is -3.08. The molecule has 2 N–H and O–H groups in total. The highest BCUT2D eigenvalue weighted by atomic mass is 19.1. The summed E-state index contributed by atoms with van der Waals surface area (Å²) in [6.07, 6.45) is 1.88. The number of hydrogen-bond acceptors (Lipinski definition) is 1. The highest BCUT2D eigenvalue weighted by Gasteiger charge is 2.08. The zero-order valence-electron chi connectivity index (χ0n) is 14.9. The predicted molar refractivity (Wildman–Crippen MR) is 102 cm³/mol. The van der Waals surface area contributed by atoms with Gasteiger partial charge < -0.3 is 15.2 Å². The summed E-state index contributed by atoms with van der Waals surface area (Å²) in [5.41, 5.74) is 4.48. The smallest absolute Gasteiger partial charge is 0.319 e. The van der Waals surface area contributed by atoms with E-state index in [0.717, 1.165) is 22.5 Å². The largest absolute Gasteiger partial charge is 0.345 e. The van der Waals surface area contributed by atoms with Crippen LogP contribution in [0, 0.1) is 19.7 Å². The Morgan fingerprint density at radius 3 is 2.65 bits per heavy atom. The summed E-state index contributed by atoms with van der Waals surface area (Å²) in [7, 11) is 0. The number of nitrogens with zero attached hydrogens (tertiary/aromatic N) is 1. The van der Waals surface area contributed by atoms with Crippen molar-refractivity contribution in [3.63, 3.8) is 0 Å². The van der Waals surface area contributed by atoms with Crippen molar-refractivity contribution in [2.45, 2.75) is 26.9 Å². The van der Waals surface area contributed by atoms with Crippen molar-refractivity contribution < 1.29 is 9.18 Å². The monoisotopic (exact) mass is 351 g/mol. The molecule has 0 radical (unpaired) electrons. The van der Waals surface area contributed by atoms with E-state index in [1.807, 2.05) is 61.0 Å². The maximum atomic E-state index is 13.8. The van der Waals surface area contributed by atoms with Crippen LogP contribution in [0.15, 0.2) is 60.8 Å². The summed E-state index contributed by atoms with van der Waals surface area (Å²) in [5.74, 6) is -0.229. The number of nitrogens with one attached hydrogen (secondary N) is 2. The van der Waals surface area contributed by atoms with Gasteiger partial charge in [-0.05, 0) is 43.7 Å². The summed E-state index contributed by atoms with van der Waals surface area (Å²) in [4.78, 5) is 12.2. The molecule has 0 fully saturated rings. The van der Waals surface area contributed by atoms with Crippen LogP contribution in [0.1, 0.15) is 22.4 Å². The van der Waals surface area contributed by atoms with Crippen LogP contribution in [-0.2, 0) is 13.1 Å². The highest BCUT2D eigenvalue weighted by Crippen LogP contribution is 2.16. The molecule has 1 aromatic heterocycles. The summed E-state index contributed by atoms with van der Waals surface area (Å²) >= 11 is 0. The van der Waals surface area contributed by atoms with E-state index in [-0.39, 0.29) is 11.8 Å². The lowest BCUT2D eigenvalue weighted by molar-refractivity contribution is 0.251. The lowest BCUT2D eigenvalue weighted by Gasteiger charge is -2.13. The fraction of sp³-hybridized carbons (Fsp3) is 0.190. The first-order chi connectivity index (χ1) is 12.5. The minimum atomic E-state index is -0.268. The fourth-order valence-corrected chi connectivity index (χ4v) is 2.87. The molecule has 0 aliphatic heterocycles. The van der Waals surface area contributed by atoms with Gasteiger partial charge in [0, 0.05) is 23.1 Å². The second-order valence-corrected chi connectivity index (χ2v) is 6.34. The predicted octanol–water partition coefficient (Wildman–Crippen LogP) is 4.61. The van der Waals surface area contributed by atoms with Crippen LogP contribution in [0.3, 0.4) is 0 Å². The number of hydrogen-bond donors (Lipinski definition) is 2. The molecule has 0 aliphatic carbocycles. The van der Waals surface area contributed by atoms with Gasteiger partial charge in [-0.3, -0.25) is 0 Å². The van der Waals surface area contributed by atoms with E-state index < -0.39 is 0 Å². The number of anilines is 1. The molecule has 0 bridgehead atoms. The first kappa shape index (κ1) is 17.7. The highest BCUT2D eigenvalue weighted by molar-refractivity contribution is 5.90. The number of carbonyl (C=O) groups excluding carboxylic acids is 1. The molecule has 134 valence electrons. The normalized spacial score (nSPS) is 10.6. The van der Waals surface area contributed by atoms with Crippen molar-refractivity contribution in [2.75, 3.05) is 5.32 Å². The number of aromatic nitrogens is 1. The molecule has 3 rings (SSSR count). The third kappa shape index (κ3) is 4.30. The average Bonchev–Trinajstić information content (AvgIpc) is 3.05. The van der Waals surface area contributed by atoms with Gasteiger partial charge in [0.2, 0.25) is 0 Å². The van der Waals surface area contributed by atoms with Crippen LogP contribution in [-0.4, -0.2) is 10.6 Å². The first-order valence-electron chi connectivity index (χ1n) is 8.52. The van der Waals surface area contributed by atoms with Crippen molar-refractivity contribution in [3.05, 3.63) is 89.0 Å². The molecule has 5 heteroatoms. The van der Waals surface area contributed by atoms with Crippen LogP contribution in [0.2, 0.25) is 0 Å². The summed E-state index contributed by atoms with van der Waals surface area (Å²) in [6.45, 7) is 4.76. The van der Waals surface area contributed by atoms with E-state index in [1.54, 1.807) is 12.1 Å². The zero-order valence-corrected chi connectivity index (χ0v) is 14.9. The Labute approximate surface area is 152 Å². The molecule has 2 aromatic carbocycles. The average molecular weight is 351 g/mol. The van der Waals surface area contributed by atoms with Crippen molar-refractivity contribution in [2.24, 2.45) is 0 Å². The standard InChI is InChI=1S/C21H22FN3O/c1-15-9-10-20(16(2)12-15)24-21(26)23-13-18-7-5-11-25(18)14-17-6-3-4-8-19(17)22/h3-12H,13-14H2,1-2H3,(H2,23,24,26). The maximum Gasteiger partial charge on any atom is 0.319 e. The summed E-state index contributed by atoms with van der Waals surface area (Å²) < 4.78 is 15.8. The van der Waals surface area contributed by atoms with Crippen molar-refractivity contribution in [1.82, 2.24) is 9.88 Å².